The Kier molecular flexibility index (Phi) is 4.28. The SMILES string of the molecule is Nc1ccc(NC(=O)COCC(=O)O)cc1. The molecule has 0 radical (unpaired) electrons. The van der Waals surface area contributed by atoms with E-state index in [1.807, 2.05) is 0 Å². The summed E-state index contributed by atoms with van der Waals surface area (Å²) >= 11 is 0. The second kappa shape index (κ2) is 5.72. The van der Waals surface area contributed by atoms with Gasteiger partial charge in [0.1, 0.15) is 13.2 Å². The van der Waals surface area contributed by atoms with Crippen LogP contribution in [0.15, 0.2) is 24.3 Å². The van der Waals surface area contributed by atoms with E-state index in [9.17, 15) is 9.59 Å². The fourth-order valence-corrected chi connectivity index (χ4v) is 0.995. The minimum absolute atomic E-state index is 0.295. The molecule has 86 valence electrons. The molecular formula is C10H12N2O4. The van der Waals surface area contributed by atoms with Gasteiger partial charge in [0.15, 0.2) is 0 Å². The van der Waals surface area contributed by atoms with Crippen LogP contribution in [0.1, 0.15) is 0 Å². The number of nitrogens with two attached hydrogens (primary N) is 1. The summed E-state index contributed by atoms with van der Waals surface area (Å²) in [6, 6.07) is 6.58. The molecule has 1 aromatic rings. The summed E-state index contributed by atoms with van der Waals surface area (Å²) in [5, 5.41) is 10.8. The normalized spacial score (nSPS) is 9.75. The monoisotopic (exact) mass is 224 g/mol. The third-order valence-corrected chi connectivity index (χ3v) is 1.65. The van der Waals surface area contributed by atoms with Crippen molar-refractivity contribution in [3.05, 3.63) is 24.3 Å². The van der Waals surface area contributed by atoms with Crippen LogP contribution in [0.25, 0.3) is 0 Å². The molecule has 1 aromatic carbocycles. The molecule has 0 saturated heterocycles. The van der Waals surface area contributed by atoms with E-state index in [1.165, 1.54) is 0 Å². The molecule has 0 aliphatic carbocycles. The summed E-state index contributed by atoms with van der Waals surface area (Å²) < 4.78 is 4.62. The molecule has 0 unspecified atom stereocenters. The summed E-state index contributed by atoms with van der Waals surface area (Å²) in [6.07, 6.45) is 0. The van der Waals surface area contributed by atoms with Crippen molar-refractivity contribution in [3.63, 3.8) is 0 Å². The fourth-order valence-electron chi connectivity index (χ4n) is 0.995. The maximum absolute atomic E-state index is 11.2. The van der Waals surface area contributed by atoms with Gasteiger partial charge < -0.3 is 20.9 Å². The van der Waals surface area contributed by atoms with Crippen LogP contribution in [0.5, 0.6) is 0 Å². The Hall–Kier alpha value is -2.08. The molecule has 1 rings (SSSR count). The summed E-state index contributed by atoms with van der Waals surface area (Å²) in [6.45, 7) is -0.786. The average Bonchev–Trinajstić information content (AvgIpc) is 2.21. The lowest BCUT2D eigenvalue weighted by Crippen LogP contribution is -2.20. The Balaban J connectivity index is 2.34. The van der Waals surface area contributed by atoms with Gasteiger partial charge in [-0.3, -0.25) is 4.79 Å². The van der Waals surface area contributed by atoms with Gasteiger partial charge in [-0.05, 0) is 24.3 Å². The summed E-state index contributed by atoms with van der Waals surface area (Å²) in [7, 11) is 0. The number of ether oxygens (including phenoxy) is 1. The summed E-state index contributed by atoms with van der Waals surface area (Å²) in [4.78, 5) is 21.3. The van der Waals surface area contributed by atoms with Crippen LogP contribution in [0.4, 0.5) is 11.4 Å². The highest BCUT2D eigenvalue weighted by molar-refractivity contribution is 5.91. The highest BCUT2D eigenvalue weighted by Crippen LogP contribution is 2.09. The number of rotatable bonds is 5. The number of nitrogens with one attached hydrogen (secondary N) is 1. The highest BCUT2D eigenvalue weighted by atomic mass is 16.5. The molecule has 1 amide bonds. The van der Waals surface area contributed by atoms with Gasteiger partial charge in [0.25, 0.3) is 0 Å². The lowest BCUT2D eigenvalue weighted by Gasteiger charge is -2.05. The predicted molar refractivity (Wildman–Crippen MR) is 57.9 cm³/mol. The Bertz CT molecular complexity index is 375. The van der Waals surface area contributed by atoms with Gasteiger partial charge in [-0.25, -0.2) is 4.79 Å². The smallest absolute Gasteiger partial charge is 0.329 e. The van der Waals surface area contributed by atoms with Gasteiger partial charge in [-0.2, -0.15) is 0 Å². The van der Waals surface area contributed by atoms with Crippen LogP contribution in [0, 0.1) is 0 Å². The van der Waals surface area contributed by atoms with Crippen molar-refractivity contribution >= 4 is 23.3 Å². The summed E-state index contributed by atoms with van der Waals surface area (Å²) in [5.74, 6) is -1.52. The zero-order valence-electron chi connectivity index (χ0n) is 8.47. The number of carboxylic acids is 1. The Morgan fingerprint density at radius 3 is 2.44 bits per heavy atom. The minimum atomic E-state index is -1.11. The molecule has 0 aliphatic rings. The Morgan fingerprint density at radius 2 is 1.88 bits per heavy atom. The number of amides is 1. The molecule has 0 aliphatic heterocycles. The zero-order chi connectivity index (χ0) is 12.0. The van der Waals surface area contributed by atoms with Gasteiger partial charge in [0, 0.05) is 11.4 Å². The van der Waals surface area contributed by atoms with Crippen LogP contribution >= 0.6 is 0 Å². The number of hydrogen-bond donors (Lipinski definition) is 3. The molecule has 0 atom stereocenters. The van der Waals surface area contributed by atoms with Gasteiger partial charge in [-0.1, -0.05) is 0 Å². The Labute approximate surface area is 92.0 Å². The second-order valence-corrected chi connectivity index (χ2v) is 3.06. The van der Waals surface area contributed by atoms with Crippen molar-refractivity contribution in [2.75, 3.05) is 24.3 Å². The topological polar surface area (TPSA) is 102 Å². The van der Waals surface area contributed by atoms with E-state index in [1.54, 1.807) is 24.3 Å². The quantitative estimate of drug-likeness (QED) is 0.625. The van der Waals surface area contributed by atoms with E-state index >= 15 is 0 Å². The molecule has 0 bridgehead atoms. The highest BCUT2D eigenvalue weighted by Gasteiger charge is 2.04. The fraction of sp³-hybridized carbons (Fsp3) is 0.200. The average molecular weight is 224 g/mol. The maximum Gasteiger partial charge on any atom is 0.329 e. The van der Waals surface area contributed by atoms with E-state index in [0.29, 0.717) is 11.4 Å². The van der Waals surface area contributed by atoms with Gasteiger partial charge >= 0.3 is 5.97 Å². The molecule has 16 heavy (non-hydrogen) atoms. The second-order valence-electron chi connectivity index (χ2n) is 3.06. The largest absolute Gasteiger partial charge is 0.480 e. The van der Waals surface area contributed by atoms with Crippen molar-refractivity contribution in [2.45, 2.75) is 0 Å². The number of nitrogen functional groups attached to an aromatic ring is 1. The van der Waals surface area contributed by atoms with Crippen LogP contribution in [-0.4, -0.2) is 30.2 Å². The first kappa shape index (κ1) is 12.0. The predicted octanol–water partition coefficient (Wildman–Crippen LogP) is 0.308. The standard InChI is InChI=1S/C10H12N2O4/c11-7-1-3-8(4-2-7)12-9(13)5-16-6-10(14)15/h1-4H,5-6,11H2,(H,12,13)(H,14,15). The van der Waals surface area contributed by atoms with Gasteiger partial charge in [0.05, 0.1) is 0 Å². The van der Waals surface area contributed by atoms with Crippen LogP contribution in [0.3, 0.4) is 0 Å². The molecule has 0 fully saturated rings. The molecule has 6 heteroatoms. The van der Waals surface area contributed by atoms with E-state index < -0.39 is 18.5 Å². The molecular weight excluding hydrogens is 212 g/mol. The van der Waals surface area contributed by atoms with E-state index in [0.717, 1.165) is 0 Å². The molecule has 0 saturated carbocycles. The first-order valence-corrected chi connectivity index (χ1v) is 4.53. The van der Waals surface area contributed by atoms with Crippen molar-refractivity contribution < 1.29 is 19.4 Å². The number of hydrogen-bond acceptors (Lipinski definition) is 4. The van der Waals surface area contributed by atoms with Crippen LogP contribution in [0.2, 0.25) is 0 Å². The summed E-state index contributed by atoms with van der Waals surface area (Å²) in [5.41, 5.74) is 6.65. The third kappa shape index (κ3) is 4.43. The molecule has 0 heterocycles. The molecule has 6 nitrogen and oxygen atoms in total. The lowest BCUT2D eigenvalue weighted by molar-refractivity contribution is -0.143. The minimum Gasteiger partial charge on any atom is -0.480 e. The number of carboxylic acid groups (broad SMARTS) is 1. The van der Waals surface area contributed by atoms with E-state index in [2.05, 4.69) is 10.1 Å². The van der Waals surface area contributed by atoms with Crippen LogP contribution in [-0.2, 0) is 14.3 Å². The Morgan fingerprint density at radius 1 is 1.25 bits per heavy atom. The lowest BCUT2D eigenvalue weighted by atomic mass is 10.3. The van der Waals surface area contributed by atoms with Crippen molar-refractivity contribution in [3.8, 4) is 0 Å². The van der Waals surface area contributed by atoms with Crippen molar-refractivity contribution in [2.24, 2.45) is 0 Å². The van der Waals surface area contributed by atoms with E-state index in [4.69, 9.17) is 10.8 Å². The number of aliphatic carboxylic acids is 1. The van der Waals surface area contributed by atoms with Crippen molar-refractivity contribution in [1.82, 2.24) is 0 Å². The molecule has 4 N–H and O–H groups in total. The number of anilines is 2. The number of benzene rings is 1. The van der Waals surface area contributed by atoms with Crippen LogP contribution < -0.4 is 11.1 Å². The first-order valence-electron chi connectivity index (χ1n) is 4.53. The number of carbonyl (C=O) groups excluding carboxylic acids is 1. The molecule has 0 aromatic heterocycles. The van der Waals surface area contributed by atoms with E-state index in [-0.39, 0.29) is 6.61 Å². The number of carbonyl (C=O) groups is 2. The zero-order valence-corrected chi connectivity index (χ0v) is 8.47. The molecule has 0 spiro atoms. The van der Waals surface area contributed by atoms with Gasteiger partial charge in [0.2, 0.25) is 5.91 Å². The first-order chi connectivity index (χ1) is 7.58. The maximum atomic E-state index is 11.2. The van der Waals surface area contributed by atoms with Gasteiger partial charge in [-0.15, -0.1) is 0 Å². The van der Waals surface area contributed by atoms with Crippen molar-refractivity contribution in [1.29, 1.82) is 0 Å². The third-order valence-electron chi connectivity index (χ3n) is 1.65.